The smallest absolute Gasteiger partial charge is 0.142 e. The van der Waals surface area contributed by atoms with Crippen molar-refractivity contribution in [2.24, 2.45) is 5.92 Å². The Bertz CT molecular complexity index is 372. The lowest BCUT2D eigenvalue weighted by Crippen LogP contribution is -2.20. The van der Waals surface area contributed by atoms with Gasteiger partial charge in [0.1, 0.15) is 5.82 Å². The lowest BCUT2D eigenvalue weighted by atomic mass is 10.2. The number of hydrogen-bond donors (Lipinski definition) is 0. The maximum Gasteiger partial charge on any atom is 0.142 e. The fraction of sp³-hybridized carbons (Fsp3) is 0.500. The second-order valence-corrected chi connectivity index (χ2v) is 5.28. The maximum atomic E-state index is 13.2. The second kappa shape index (κ2) is 5.48. The van der Waals surface area contributed by atoms with E-state index in [0.717, 1.165) is 30.5 Å². The highest BCUT2D eigenvalue weighted by molar-refractivity contribution is 9.09. The molecular weight excluding hydrogens is 292 g/mol. The van der Waals surface area contributed by atoms with Crippen molar-refractivity contribution in [3.05, 3.63) is 34.6 Å². The summed E-state index contributed by atoms with van der Waals surface area (Å²) in [5.41, 5.74) is 0.886. The van der Waals surface area contributed by atoms with E-state index in [9.17, 15) is 4.39 Å². The highest BCUT2D eigenvalue weighted by Gasteiger charge is 2.22. The fourth-order valence-electron chi connectivity index (χ4n) is 2.09. The number of benzene rings is 1. The molecule has 0 amide bonds. The van der Waals surface area contributed by atoms with E-state index in [1.165, 1.54) is 12.5 Å². The molecule has 1 heterocycles. The number of likely N-dealkylation sites (tertiary alicyclic amines) is 1. The minimum absolute atomic E-state index is 0.268. The molecule has 4 heteroatoms. The van der Waals surface area contributed by atoms with E-state index in [0.29, 0.717) is 5.92 Å². The molecule has 88 valence electrons. The third-order valence-electron chi connectivity index (χ3n) is 3.01. The molecule has 16 heavy (non-hydrogen) atoms. The van der Waals surface area contributed by atoms with Gasteiger partial charge in [0.2, 0.25) is 0 Å². The Labute approximate surface area is 109 Å². The average Bonchev–Trinajstić information content (AvgIpc) is 2.73. The van der Waals surface area contributed by atoms with Crippen LogP contribution in [0.1, 0.15) is 12.0 Å². The minimum Gasteiger partial charge on any atom is -0.299 e. The van der Waals surface area contributed by atoms with Crippen LogP contribution in [0.25, 0.3) is 0 Å². The van der Waals surface area contributed by atoms with Gasteiger partial charge in [0.25, 0.3) is 0 Å². The van der Waals surface area contributed by atoms with Crippen LogP contribution in [-0.4, -0.2) is 23.3 Å². The summed E-state index contributed by atoms with van der Waals surface area (Å²) >= 11 is 9.43. The fourth-order valence-corrected chi connectivity index (χ4v) is 2.81. The van der Waals surface area contributed by atoms with Crippen molar-refractivity contribution in [2.75, 3.05) is 18.4 Å². The maximum absolute atomic E-state index is 13.2. The molecule has 1 saturated heterocycles. The Kier molecular flexibility index (Phi) is 4.22. The van der Waals surface area contributed by atoms with E-state index in [4.69, 9.17) is 11.6 Å². The first-order chi connectivity index (χ1) is 7.70. The highest BCUT2D eigenvalue weighted by atomic mass is 79.9. The molecule has 0 N–H and O–H groups in total. The van der Waals surface area contributed by atoms with E-state index >= 15 is 0 Å². The van der Waals surface area contributed by atoms with Crippen molar-refractivity contribution >= 4 is 27.5 Å². The molecule has 0 bridgehead atoms. The number of halogens is 3. The van der Waals surface area contributed by atoms with Crippen LogP contribution in [0.5, 0.6) is 0 Å². The first-order valence-electron chi connectivity index (χ1n) is 5.42. The molecule has 2 rings (SSSR count). The predicted molar refractivity (Wildman–Crippen MR) is 68.6 cm³/mol. The summed E-state index contributed by atoms with van der Waals surface area (Å²) in [6, 6.07) is 5.01. The molecule has 1 aromatic carbocycles. The summed E-state index contributed by atoms with van der Waals surface area (Å²) < 4.78 is 13.2. The topological polar surface area (TPSA) is 3.24 Å². The third-order valence-corrected chi connectivity index (χ3v) is 4.35. The zero-order valence-corrected chi connectivity index (χ0v) is 11.3. The molecule has 1 nitrogen and oxygen atoms in total. The zero-order valence-electron chi connectivity index (χ0n) is 8.93. The molecule has 0 aliphatic carbocycles. The van der Waals surface area contributed by atoms with Crippen molar-refractivity contribution in [3.63, 3.8) is 0 Å². The van der Waals surface area contributed by atoms with Crippen LogP contribution < -0.4 is 0 Å². The molecule has 1 fully saturated rings. The van der Waals surface area contributed by atoms with Gasteiger partial charge in [0.05, 0.1) is 5.02 Å². The third kappa shape index (κ3) is 2.76. The van der Waals surface area contributed by atoms with Gasteiger partial charge in [0.15, 0.2) is 0 Å². The normalized spacial score (nSPS) is 21.6. The Morgan fingerprint density at radius 1 is 1.50 bits per heavy atom. The average molecular weight is 307 g/mol. The van der Waals surface area contributed by atoms with Crippen LogP contribution in [0.3, 0.4) is 0 Å². The summed E-state index contributed by atoms with van der Waals surface area (Å²) in [5, 5.41) is 1.31. The Hall–Kier alpha value is -0.120. The molecular formula is C12H14BrClFN. The van der Waals surface area contributed by atoms with E-state index in [-0.39, 0.29) is 10.8 Å². The second-order valence-electron chi connectivity index (χ2n) is 4.26. The van der Waals surface area contributed by atoms with Crippen LogP contribution in [-0.2, 0) is 6.54 Å². The molecule has 0 radical (unpaired) electrons. The number of nitrogens with zero attached hydrogens (tertiary/aromatic N) is 1. The van der Waals surface area contributed by atoms with Crippen molar-refractivity contribution in [1.29, 1.82) is 0 Å². The lowest BCUT2D eigenvalue weighted by Gasteiger charge is -2.16. The Morgan fingerprint density at radius 2 is 2.31 bits per heavy atom. The van der Waals surface area contributed by atoms with Gasteiger partial charge in [-0.1, -0.05) is 39.7 Å². The van der Waals surface area contributed by atoms with Crippen LogP contribution in [0.4, 0.5) is 4.39 Å². The molecule has 1 aliphatic rings. The molecule has 1 aliphatic heterocycles. The summed E-state index contributed by atoms with van der Waals surface area (Å²) in [7, 11) is 0. The van der Waals surface area contributed by atoms with Gasteiger partial charge < -0.3 is 0 Å². The lowest BCUT2D eigenvalue weighted by molar-refractivity contribution is 0.321. The van der Waals surface area contributed by atoms with Crippen molar-refractivity contribution < 1.29 is 4.39 Å². The van der Waals surface area contributed by atoms with E-state index in [1.54, 1.807) is 6.07 Å². The van der Waals surface area contributed by atoms with Crippen LogP contribution in [0, 0.1) is 11.7 Å². The standard InChI is InChI=1S/C12H14BrClFN/c13-6-9-4-5-16(7-9)8-10-2-1-3-11(15)12(10)14/h1-3,9H,4-8H2. The number of rotatable bonds is 3. The van der Waals surface area contributed by atoms with Crippen LogP contribution in [0.2, 0.25) is 5.02 Å². The van der Waals surface area contributed by atoms with E-state index < -0.39 is 0 Å². The minimum atomic E-state index is -0.324. The largest absolute Gasteiger partial charge is 0.299 e. The van der Waals surface area contributed by atoms with Crippen LogP contribution >= 0.6 is 27.5 Å². The van der Waals surface area contributed by atoms with Crippen molar-refractivity contribution in [3.8, 4) is 0 Å². The zero-order chi connectivity index (χ0) is 11.5. The molecule has 0 saturated carbocycles. The van der Waals surface area contributed by atoms with E-state index in [2.05, 4.69) is 20.8 Å². The Balaban J connectivity index is 2.02. The van der Waals surface area contributed by atoms with Gasteiger partial charge in [-0.05, 0) is 30.5 Å². The summed E-state index contributed by atoms with van der Waals surface area (Å²) in [6.07, 6.45) is 1.21. The monoisotopic (exact) mass is 305 g/mol. The van der Waals surface area contributed by atoms with Gasteiger partial charge in [-0.3, -0.25) is 4.90 Å². The van der Waals surface area contributed by atoms with E-state index in [1.807, 2.05) is 6.07 Å². The number of alkyl halides is 1. The Morgan fingerprint density at radius 3 is 3.00 bits per heavy atom. The first kappa shape index (κ1) is 12.3. The van der Waals surface area contributed by atoms with Crippen molar-refractivity contribution in [2.45, 2.75) is 13.0 Å². The summed E-state index contributed by atoms with van der Waals surface area (Å²) in [4.78, 5) is 2.33. The number of hydrogen-bond acceptors (Lipinski definition) is 1. The van der Waals surface area contributed by atoms with Gasteiger partial charge in [0, 0.05) is 18.4 Å². The SMILES string of the molecule is Fc1cccc(CN2CCC(CBr)C2)c1Cl. The summed E-state index contributed by atoms with van der Waals surface area (Å²) in [6.45, 7) is 2.89. The quantitative estimate of drug-likeness (QED) is 0.770. The molecule has 1 unspecified atom stereocenters. The van der Waals surface area contributed by atoms with Gasteiger partial charge in [-0.25, -0.2) is 4.39 Å². The molecule has 1 atom stereocenters. The van der Waals surface area contributed by atoms with Crippen LogP contribution in [0.15, 0.2) is 18.2 Å². The summed E-state index contributed by atoms with van der Waals surface area (Å²) in [5.74, 6) is 0.391. The molecule has 0 aromatic heterocycles. The van der Waals surface area contributed by atoms with Gasteiger partial charge in [-0.15, -0.1) is 0 Å². The first-order valence-corrected chi connectivity index (χ1v) is 6.92. The van der Waals surface area contributed by atoms with Gasteiger partial charge in [-0.2, -0.15) is 0 Å². The highest BCUT2D eigenvalue weighted by Crippen LogP contribution is 2.25. The molecule has 1 aromatic rings. The van der Waals surface area contributed by atoms with Gasteiger partial charge >= 0.3 is 0 Å². The predicted octanol–water partition coefficient (Wildman–Crippen LogP) is 3.70. The van der Waals surface area contributed by atoms with Crippen molar-refractivity contribution in [1.82, 2.24) is 4.90 Å². The molecule has 0 spiro atoms.